The monoisotopic (exact) mass is 366 g/mol. The molecule has 26 heavy (non-hydrogen) atoms. The van der Waals surface area contributed by atoms with Crippen molar-refractivity contribution >= 4 is 28.3 Å². The lowest BCUT2D eigenvalue weighted by molar-refractivity contribution is 0.0956. The molecule has 2 heterocycles. The van der Waals surface area contributed by atoms with Crippen molar-refractivity contribution in [3.63, 3.8) is 0 Å². The SMILES string of the molecule is Cc1nc(NC(=O)c2ccncc2)sc1C(=O)NCCc1ccccc1. The van der Waals surface area contributed by atoms with Crippen LogP contribution in [-0.4, -0.2) is 28.3 Å². The van der Waals surface area contributed by atoms with Crippen molar-refractivity contribution in [3.05, 3.63) is 76.6 Å². The van der Waals surface area contributed by atoms with Crippen molar-refractivity contribution in [2.45, 2.75) is 13.3 Å². The van der Waals surface area contributed by atoms with Gasteiger partial charge in [0.15, 0.2) is 5.13 Å². The molecule has 0 bridgehead atoms. The van der Waals surface area contributed by atoms with Gasteiger partial charge in [0.25, 0.3) is 11.8 Å². The van der Waals surface area contributed by atoms with Crippen LogP contribution in [0.3, 0.4) is 0 Å². The molecule has 2 N–H and O–H groups in total. The van der Waals surface area contributed by atoms with Crippen molar-refractivity contribution < 1.29 is 9.59 Å². The molecular formula is C19H18N4O2S. The summed E-state index contributed by atoms with van der Waals surface area (Å²) in [4.78, 5) is 33.2. The molecule has 3 rings (SSSR count). The first-order chi connectivity index (χ1) is 12.6. The Morgan fingerprint density at radius 3 is 2.50 bits per heavy atom. The summed E-state index contributed by atoms with van der Waals surface area (Å²) in [7, 11) is 0. The highest BCUT2D eigenvalue weighted by atomic mass is 32.1. The molecular weight excluding hydrogens is 348 g/mol. The zero-order valence-corrected chi connectivity index (χ0v) is 15.0. The Morgan fingerprint density at radius 1 is 1.04 bits per heavy atom. The Labute approximate surface area is 155 Å². The fraction of sp³-hybridized carbons (Fsp3) is 0.158. The Balaban J connectivity index is 1.58. The minimum absolute atomic E-state index is 0.180. The predicted octanol–water partition coefficient (Wildman–Crippen LogP) is 3.07. The third-order valence-corrected chi connectivity index (χ3v) is 4.78. The van der Waals surface area contributed by atoms with Crippen LogP contribution in [-0.2, 0) is 6.42 Å². The Morgan fingerprint density at radius 2 is 1.77 bits per heavy atom. The highest BCUT2D eigenvalue weighted by Crippen LogP contribution is 2.23. The molecule has 0 radical (unpaired) electrons. The fourth-order valence-electron chi connectivity index (χ4n) is 2.38. The summed E-state index contributed by atoms with van der Waals surface area (Å²) < 4.78 is 0. The number of hydrogen-bond acceptors (Lipinski definition) is 5. The smallest absolute Gasteiger partial charge is 0.263 e. The van der Waals surface area contributed by atoms with E-state index in [9.17, 15) is 9.59 Å². The summed E-state index contributed by atoms with van der Waals surface area (Å²) in [6.45, 7) is 2.30. The number of thiazole rings is 1. The molecule has 7 heteroatoms. The molecule has 0 aliphatic carbocycles. The number of hydrogen-bond donors (Lipinski definition) is 2. The topological polar surface area (TPSA) is 84.0 Å². The van der Waals surface area contributed by atoms with Crippen LogP contribution in [0, 0.1) is 6.92 Å². The van der Waals surface area contributed by atoms with E-state index >= 15 is 0 Å². The number of anilines is 1. The number of nitrogens with zero attached hydrogens (tertiary/aromatic N) is 2. The average molecular weight is 366 g/mol. The predicted molar refractivity (Wildman–Crippen MR) is 102 cm³/mol. The van der Waals surface area contributed by atoms with Gasteiger partial charge in [-0.05, 0) is 31.0 Å². The van der Waals surface area contributed by atoms with Crippen molar-refractivity contribution in [3.8, 4) is 0 Å². The standard InChI is InChI=1S/C19H18N4O2S/c1-13-16(18(25)21-12-7-14-5-3-2-4-6-14)26-19(22-13)23-17(24)15-8-10-20-11-9-15/h2-6,8-11H,7,12H2,1H3,(H,21,25)(H,22,23,24). The zero-order chi connectivity index (χ0) is 18.4. The number of aryl methyl sites for hydroxylation is 1. The lowest BCUT2D eigenvalue weighted by atomic mass is 10.1. The van der Waals surface area contributed by atoms with Crippen LogP contribution in [0.2, 0.25) is 0 Å². The van der Waals surface area contributed by atoms with Crippen LogP contribution in [0.1, 0.15) is 31.3 Å². The minimum Gasteiger partial charge on any atom is -0.351 e. The van der Waals surface area contributed by atoms with Gasteiger partial charge in [-0.1, -0.05) is 41.7 Å². The van der Waals surface area contributed by atoms with Gasteiger partial charge in [0.05, 0.1) is 5.69 Å². The second-order valence-corrected chi connectivity index (χ2v) is 6.61. The normalized spacial score (nSPS) is 10.3. The van der Waals surface area contributed by atoms with E-state index in [0.29, 0.717) is 27.8 Å². The van der Waals surface area contributed by atoms with E-state index < -0.39 is 0 Å². The van der Waals surface area contributed by atoms with E-state index in [1.807, 2.05) is 30.3 Å². The molecule has 0 fully saturated rings. The van der Waals surface area contributed by atoms with Crippen LogP contribution in [0.15, 0.2) is 54.9 Å². The maximum absolute atomic E-state index is 12.4. The molecule has 3 aromatic rings. The summed E-state index contributed by atoms with van der Waals surface area (Å²) >= 11 is 1.17. The van der Waals surface area contributed by atoms with Crippen molar-refractivity contribution in [1.29, 1.82) is 0 Å². The number of carbonyl (C=O) groups is 2. The first kappa shape index (κ1) is 17.8. The molecule has 2 amide bonds. The third kappa shape index (κ3) is 4.52. The Hall–Kier alpha value is -3.06. The molecule has 0 aliphatic rings. The quantitative estimate of drug-likeness (QED) is 0.702. The van der Waals surface area contributed by atoms with Crippen LogP contribution in [0.5, 0.6) is 0 Å². The molecule has 0 aliphatic heterocycles. The number of rotatable bonds is 6. The molecule has 0 atom stereocenters. The lowest BCUT2D eigenvalue weighted by Crippen LogP contribution is -2.25. The molecule has 132 valence electrons. The summed E-state index contributed by atoms with van der Waals surface area (Å²) in [6, 6.07) is 13.2. The Bertz CT molecular complexity index is 894. The van der Waals surface area contributed by atoms with E-state index in [-0.39, 0.29) is 11.8 Å². The van der Waals surface area contributed by atoms with Crippen LogP contribution in [0.4, 0.5) is 5.13 Å². The number of amides is 2. The van der Waals surface area contributed by atoms with Crippen LogP contribution < -0.4 is 10.6 Å². The summed E-state index contributed by atoms with van der Waals surface area (Å²) in [5.41, 5.74) is 2.25. The van der Waals surface area contributed by atoms with Crippen molar-refractivity contribution in [2.75, 3.05) is 11.9 Å². The number of benzene rings is 1. The second kappa shape index (κ2) is 8.35. The van der Waals surface area contributed by atoms with Crippen LogP contribution in [0.25, 0.3) is 0 Å². The Kier molecular flexibility index (Phi) is 5.70. The number of carbonyl (C=O) groups excluding carboxylic acids is 2. The van der Waals surface area contributed by atoms with Gasteiger partial charge in [0, 0.05) is 24.5 Å². The highest BCUT2D eigenvalue weighted by molar-refractivity contribution is 7.17. The summed E-state index contributed by atoms with van der Waals surface area (Å²) in [5.74, 6) is -0.461. The first-order valence-corrected chi connectivity index (χ1v) is 8.96. The van der Waals surface area contributed by atoms with Gasteiger partial charge in [-0.2, -0.15) is 0 Å². The van der Waals surface area contributed by atoms with Gasteiger partial charge in [-0.15, -0.1) is 0 Å². The molecule has 0 saturated heterocycles. The van der Waals surface area contributed by atoms with Gasteiger partial charge in [-0.25, -0.2) is 4.98 Å². The number of pyridine rings is 1. The molecule has 1 aromatic carbocycles. The van der Waals surface area contributed by atoms with Gasteiger partial charge in [0.1, 0.15) is 4.88 Å². The molecule has 0 spiro atoms. The largest absolute Gasteiger partial charge is 0.351 e. The molecule has 2 aromatic heterocycles. The van der Waals surface area contributed by atoms with Gasteiger partial charge in [0.2, 0.25) is 0 Å². The maximum atomic E-state index is 12.4. The zero-order valence-electron chi connectivity index (χ0n) is 14.2. The maximum Gasteiger partial charge on any atom is 0.263 e. The van der Waals surface area contributed by atoms with Gasteiger partial charge < -0.3 is 5.32 Å². The lowest BCUT2D eigenvalue weighted by Gasteiger charge is -2.04. The van der Waals surface area contributed by atoms with Gasteiger partial charge >= 0.3 is 0 Å². The van der Waals surface area contributed by atoms with Crippen molar-refractivity contribution in [2.24, 2.45) is 0 Å². The minimum atomic E-state index is -0.280. The number of aromatic nitrogens is 2. The molecule has 0 unspecified atom stereocenters. The fourth-order valence-corrected chi connectivity index (χ4v) is 3.26. The van der Waals surface area contributed by atoms with E-state index in [0.717, 1.165) is 6.42 Å². The number of nitrogens with one attached hydrogen (secondary N) is 2. The average Bonchev–Trinajstić information content (AvgIpc) is 3.03. The first-order valence-electron chi connectivity index (χ1n) is 8.14. The molecule has 0 saturated carbocycles. The van der Waals surface area contributed by atoms with Gasteiger partial charge in [-0.3, -0.25) is 19.9 Å². The van der Waals surface area contributed by atoms with E-state index in [1.54, 1.807) is 31.5 Å². The summed E-state index contributed by atoms with van der Waals surface area (Å²) in [6.07, 6.45) is 3.86. The highest BCUT2D eigenvalue weighted by Gasteiger charge is 2.16. The molecule has 6 nitrogen and oxygen atoms in total. The van der Waals surface area contributed by atoms with Crippen molar-refractivity contribution in [1.82, 2.24) is 15.3 Å². The third-order valence-electron chi connectivity index (χ3n) is 3.71. The van der Waals surface area contributed by atoms with Crippen LogP contribution >= 0.6 is 11.3 Å². The van der Waals surface area contributed by atoms with E-state index in [2.05, 4.69) is 20.6 Å². The van der Waals surface area contributed by atoms with E-state index in [4.69, 9.17) is 0 Å². The van der Waals surface area contributed by atoms with E-state index in [1.165, 1.54) is 16.9 Å². The second-order valence-electron chi connectivity index (χ2n) is 5.62. The summed E-state index contributed by atoms with van der Waals surface area (Å²) in [5, 5.41) is 6.01.